The highest BCUT2D eigenvalue weighted by atomic mass is 16.5. The first-order valence-corrected chi connectivity index (χ1v) is 4.73. The van der Waals surface area contributed by atoms with Gasteiger partial charge in [0.15, 0.2) is 0 Å². The second kappa shape index (κ2) is 3.19. The fourth-order valence-corrected chi connectivity index (χ4v) is 2.49. The molecule has 0 heterocycles. The van der Waals surface area contributed by atoms with E-state index in [2.05, 4.69) is 19.1 Å². The van der Waals surface area contributed by atoms with Crippen LogP contribution in [0.4, 0.5) is 0 Å². The zero-order valence-corrected chi connectivity index (χ0v) is 7.44. The molecule has 0 spiro atoms. The zero-order chi connectivity index (χ0) is 8.55. The molecule has 4 unspecified atom stereocenters. The monoisotopic (exact) mass is 168 g/mol. The van der Waals surface area contributed by atoms with E-state index in [1.54, 1.807) is 0 Å². The van der Waals surface area contributed by atoms with E-state index in [9.17, 15) is 0 Å². The average Bonchev–Trinajstić information content (AvgIpc) is 2.62. The third-order valence-corrected chi connectivity index (χ3v) is 3.17. The first-order chi connectivity index (χ1) is 5.83. The molecule has 68 valence electrons. The summed E-state index contributed by atoms with van der Waals surface area (Å²) < 4.78 is 5.60. The van der Waals surface area contributed by atoms with Gasteiger partial charge in [-0.2, -0.15) is 0 Å². The first-order valence-electron chi connectivity index (χ1n) is 4.73. The molecule has 0 aromatic carbocycles. The van der Waals surface area contributed by atoms with Crippen molar-refractivity contribution in [3.63, 3.8) is 0 Å². The number of fused-ring (bicyclic) bond motifs is 2. The lowest BCUT2D eigenvalue weighted by Gasteiger charge is -2.24. The SMILES string of the molecule is CC1C2C=CC(C2)C1OCCO. The number of hydrogen-bond donors (Lipinski definition) is 1. The van der Waals surface area contributed by atoms with Crippen molar-refractivity contribution >= 4 is 0 Å². The maximum atomic E-state index is 8.64. The third kappa shape index (κ3) is 1.19. The highest BCUT2D eigenvalue weighted by Crippen LogP contribution is 2.44. The van der Waals surface area contributed by atoms with Crippen LogP contribution < -0.4 is 0 Å². The maximum absolute atomic E-state index is 8.64. The molecule has 1 N–H and O–H groups in total. The Balaban J connectivity index is 1.94. The predicted molar refractivity (Wildman–Crippen MR) is 46.7 cm³/mol. The van der Waals surface area contributed by atoms with E-state index in [1.165, 1.54) is 6.42 Å². The van der Waals surface area contributed by atoms with Crippen molar-refractivity contribution in [1.29, 1.82) is 0 Å². The van der Waals surface area contributed by atoms with Gasteiger partial charge < -0.3 is 9.84 Å². The van der Waals surface area contributed by atoms with Crippen LogP contribution in [0.2, 0.25) is 0 Å². The molecule has 2 aliphatic carbocycles. The minimum Gasteiger partial charge on any atom is -0.394 e. The molecule has 0 aromatic heterocycles. The molecule has 2 bridgehead atoms. The number of aliphatic hydroxyl groups excluding tert-OH is 1. The number of ether oxygens (including phenoxy) is 1. The number of aliphatic hydroxyl groups is 1. The lowest BCUT2D eigenvalue weighted by atomic mass is 9.93. The van der Waals surface area contributed by atoms with Gasteiger partial charge in [0.2, 0.25) is 0 Å². The van der Waals surface area contributed by atoms with Crippen molar-refractivity contribution in [1.82, 2.24) is 0 Å². The van der Waals surface area contributed by atoms with Crippen LogP contribution in [0, 0.1) is 17.8 Å². The minimum atomic E-state index is 0.143. The topological polar surface area (TPSA) is 29.5 Å². The lowest BCUT2D eigenvalue weighted by molar-refractivity contribution is -0.00827. The molecule has 12 heavy (non-hydrogen) atoms. The van der Waals surface area contributed by atoms with Gasteiger partial charge in [-0.05, 0) is 18.3 Å². The van der Waals surface area contributed by atoms with Gasteiger partial charge >= 0.3 is 0 Å². The number of hydrogen-bond acceptors (Lipinski definition) is 2. The van der Waals surface area contributed by atoms with E-state index < -0.39 is 0 Å². The highest BCUT2D eigenvalue weighted by Gasteiger charge is 2.42. The summed E-state index contributed by atoms with van der Waals surface area (Å²) >= 11 is 0. The Labute approximate surface area is 73.2 Å². The Kier molecular flexibility index (Phi) is 2.20. The first kappa shape index (κ1) is 8.27. The fourth-order valence-electron chi connectivity index (χ4n) is 2.49. The van der Waals surface area contributed by atoms with Gasteiger partial charge in [0.25, 0.3) is 0 Å². The largest absolute Gasteiger partial charge is 0.394 e. The molecular formula is C10H16O2. The van der Waals surface area contributed by atoms with Gasteiger partial charge in [0.05, 0.1) is 19.3 Å². The van der Waals surface area contributed by atoms with Gasteiger partial charge in [-0.25, -0.2) is 0 Å². The van der Waals surface area contributed by atoms with Gasteiger partial charge in [0.1, 0.15) is 0 Å². The van der Waals surface area contributed by atoms with Crippen molar-refractivity contribution < 1.29 is 9.84 Å². The summed E-state index contributed by atoms with van der Waals surface area (Å²) in [5.41, 5.74) is 0. The van der Waals surface area contributed by atoms with Crippen LogP contribution in [0.15, 0.2) is 12.2 Å². The fraction of sp³-hybridized carbons (Fsp3) is 0.800. The van der Waals surface area contributed by atoms with Gasteiger partial charge in [-0.15, -0.1) is 0 Å². The Bertz CT molecular complexity index is 188. The second-order valence-electron chi connectivity index (χ2n) is 3.87. The molecule has 0 saturated heterocycles. The smallest absolute Gasteiger partial charge is 0.0701 e. The van der Waals surface area contributed by atoms with E-state index in [0.29, 0.717) is 24.5 Å². The Morgan fingerprint density at radius 2 is 2.17 bits per heavy atom. The minimum absolute atomic E-state index is 0.143. The van der Waals surface area contributed by atoms with Gasteiger partial charge in [0, 0.05) is 5.92 Å². The van der Waals surface area contributed by atoms with Gasteiger partial charge in [-0.3, -0.25) is 0 Å². The molecule has 2 heteroatoms. The molecule has 0 aliphatic heterocycles. The average molecular weight is 168 g/mol. The highest BCUT2D eigenvalue weighted by molar-refractivity contribution is 5.13. The van der Waals surface area contributed by atoms with Crippen LogP contribution in [-0.2, 0) is 4.74 Å². The van der Waals surface area contributed by atoms with Crippen molar-refractivity contribution in [2.45, 2.75) is 19.4 Å². The van der Waals surface area contributed by atoms with Crippen LogP contribution in [0.25, 0.3) is 0 Å². The maximum Gasteiger partial charge on any atom is 0.0701 e. The van der Waals surface area contributed by atoms with Crippen molar-refractivity contribution in [3.05, 3.63) is 12.2 Å². The standard InChI is InChI=1S/C10H16O2/c1-7-8-2-3-9(6-8)10(7)12-5-4-11/h2-3,7-11H,4-6H2,1H3. The normalized spacial score (nSPS) is 44.2. The molecule has 2 rings (SSSR count). The van der Waals surface area contributed by atoms with E-state index in [-0.39, 0.29) is 6.61 Å². The lowest BCUT2D eigenvalue weighted by Crippen LogP contribution is -2.27. The summed E-state index contributed by atoms with van der Waals surface area (Å²) in [4.78, 5) is 0. The Morgan fingerprint density at radius 3 is 2.75 bits per heavy atom. The van der Waals surface area contributed by atoms with Crippen molar-refractivity contribution in [2.24, 2.45) is 17.8 Å². The summed E-state index contributed by atoms with van der Waals surface area (Å²) in [5.74, 6) is 2.00. The van der Waals surface area contributed by atoms with E-state index >= 15 is 0 Å². The van der Waals surface area contributed by atoms with Crippen molar-refractivity contribution in [2.75, 3.05) is 13.2 Å². The van der Waals surface area contributed by atoms with Crippen LogP contribution in [0.1, 0.15) is 13.3 Å². The molecule has 0 amide bonds. The molecule has 1 saturated carbocycles. The summed E-state index contributed by atoms with van der Waals surface area (Å²) in [6, 6.07) is 0. The molecule has 2 aliphatic rings. The van der Waals surface area contributed by atoms with Crippen molar-refractivity contribution in [3.8, 4) is 0 Å². The second-order valence-corrected chi connectivity index (χ2v) is 3.87. The summed E-state index contributed by atoms with van der Waals surface area (Å²) in [5, 5.41) is 8.64. The van der Waals surface area contributed by atoms with E-state index in [0.717, 1.165) is 5.92 Å². The van der Waals surface area contributed by atoms with Gasteiger partial charge in [-0.1, -0.05) is 19.1 Å². The molecule has 1 fully saturated rings. The molecule has 4 atom stereocenters. The van der Waals surface area contributed by atoms with Crippen LogP contribution in [-0.4, -0.2) is 24.4 Å². The zero-order valence-electron chi connectivity index (χ0n) is 7.44. The molecule has 0 radical (unpaired) electrons. The molecule has 2 nitrogen and oxygen atoms in total. The quantitative estimate of drug-likeness (QED) is 0.642. The number of allylic oxidation sites excluding steroid dienone is 1. The predicted octanol–water partition coefficient (Wildman–Crippen LogP) is 1.21. The van der Waals surface area contributed by atoms with Crippen LogP contribution in [0.5, 0.6) is 0 Å². The van der Waals surface area contributed by atoms with E-state index in [1.807, 2.05) is 0 Å². The Morgan fingerprint density at radius 1 is 1.42 bits per heavy atom. The Hall–Kier alpha value is -0.340. The summed E-state index contributed by atoms with van der Waals surface area (Å²) in [6.07, 6.45) is 6.21. The number of rotatable bonds is 3. The van der Waals surface area contributed by atoms with Crippen LogP contribution in [0.3, 0.4) is 0 Å². The molecule has 0 aromatic rings. The summed E-state index contributed by atoms with van der Waals surface area (Å²) in [6.45, 7) is 2.88. The van der Waals surface area contributed by atoms with E-state index in [4.69, 9.17) is 9.84 Å². The summed E-state index contributed by atoms with van der Waals surface area (Å²) in [7, 11) is 0. The van der Waals surface area contributed by atoms with Crippen LogP contribution >= 0.6 is 0 Å². The molecular weight excluding hydrogens is 152 g/mol. The third-order valence-electron chi connectivity index (χ3n) is 3.17.